The molecule has 0 atom stereocenters. The van der Waals surface area contributed by atoms with E-state index in [9.17, 15) is 9.59 Å². The minimum absolute atomic E-state index is 0.207. The number of nitrogens with zero attached hydrogens (tertiary/aromatic N) is 3. The Morgan fingerprint density at radius 2 is 2.14 bits per heavy atom. The van der Waals surface area contributed by atoms with E-state index in [1.165, 1.54) is 4.90 Å². The van der Waals surface area contributed by atoms with Crippen molar-refractivity contribution >= 4 is 62.9 Å². The third kappa shape index (κ3) is 3.98. The largest absolute Gasteiger partial charge is 0.497 e. The molecule has 0 saturated carbocycles. The standard InChI is InChI=1S/C19H14N4O4S2/c1-26-12-5-2-4-11(8-12)9-15-18(25)23(19(28)29-15)10-16(24)20-13-6-3-7-14-17(13)22-27-21-14/h2-9H,10H2,1H3,(H,20,24). The normalized spacial score (nSPS) is 15.3. The fraction of sp³-hybridized carbons (Fsp3) is 0.105. The number of ether oxygens (including phenoxy) is 1. The summed E-state index contributed by atoms with van der Waals surface area (Å²) in [7, 11) is 1.58. The van der Waals surface area contributed by atoms with E-state index >= 15 is 0 Å². The Kier molecular flexibility index (Phi) is 5.28. The topological polar surface area (TPSA) is 97.6 Å². The number of aromatic nitrogens is 2. The maximum Gasteiger partial charge on any atom is 0.266 e. The summed E-state index contributed by atoms with van der Waals surface area (Å²) >= 11 is 6.44. The molecule has 29 heavy (non-hydrogen) atoms. The van der Waals surface area contributed by atoms with Gasteiger partial charge in [-0.1, -0.05) is 42.2 Å². The molecule has 1 aromatic heterocycles. The van der Waals surface area contributed by atoms with Crippen LogP contribution in [0.15, 0.2) is 52.0 Å². The maximum atomic E-state index is 12.7. The van der Waals surface area contributed by atoms with Crippen molar-refractivity contribution in [2.75, 3.05) is 19.0 Å². The summed E-state index contributed by atoms with van der Waals surface area (Å²) in [5, 5.41) is 10.2. The van der Waals surface area contributed by atoms with Crippen LogP contribution in [0.25, 0.3) is 17.1 Å². The highest BCUT2D eigenvalue weighted by molar-refractivity contribution is 8.26. The lowest BCUT2D eigenvalue weighted by Crippen LogP contribution is -2.36. The van der Waals surface area contributed by atoms with Gasteiger partial charge in [0.25, 0.3) is 5.91 Å². The minimum atomic E-state index is -0.403. The van der Waals surface area contributed by atoms with Gasteiger partial charge in [0.15, 0.2) is 5.52 Å². The van der Waals surface area contributed by atoms with E-state index < -0.39 is 5.91 Å². The molecule has 1 N–H and O–H groups in total. The second-order valence-corrected chi connectivity index (χ2v) is 7.71. The van der Waals surface area contributed by atoms with E-state index in [1.54, 1.807) is 31.4 Å². The lowest BCUT2D eigenvalue weighted by Gasteiger charge is -2.14. The number of methoxy groups -OCH3 is 1. The molecule has 3 aromatic rings. The molecular weight excluding hydrogens is 412 g/mol. The highest BCUT2D eigenvalue weighted by Crippen LogP contribution is 2.33. The van der Waals surface area contributed by atoms with Crippen LogP contribution in [0.1, 0.15) is 5.56 Å². The molecule has 2 aromatic carbocycles. The molecule has 1 fully saturated rings. The average molecular weight is 426 g/mol. The van der Waals surface area contributed by atoms with Gasteiger partial charge in [-0.15, -0.1) is 0 Å². The van der Waals surface area contributed by atoms with Gasteiger partial charge < -0.3 is 10.1 Å². The molecule has 1 aliphatic heterocycles. The second kappa shape index (κ2) is 8.02. The van der Waals surface area contributed by atoms with Crippen molar-refractivity contribution in [3.05, 3.63) is 52.9 Å². The summed E-state index contributed by atoms with van der Waals surface area (Å²) in [6, 6.07) is 12.4. The third-order valence-electron chi connectivity index (χ3n) is 4.13. The summed E-state index contributed by atoms with van der Waals surface area (Å²) in [5.74, 6) is -0.0381. The average Bonchev–Trinajstić information content (AvgIpc) is 3.29. The molecule has 2 heterocycles. The Morgan fingerprint density at radius 3 is 2.97 bits per heavy atom. The van der Waals surface area contributed by atoms with Crippen molar-refractivity contribution in [2.45, 2.75) is 0 Å². The molecule has 2 amide bonds. The van der Waals surface area contributed by atoms with Crippen LogP contribution in [0.3, 0.4) is 0 Å². The molecule has 0 aliphatic carbocycles. The van der Waals surface area contributed by atoms with Gasteiger partial charge in [-0.25, -0.2) is 4.63 Å². The first-order valence-corrected chi connectivity index (χ1v) is 9.68. The van der Waals surface area contributed by atoms with Crippen LogP contribution >= 0.6 is 24.0 Å². The number of amides is 2. The molecule has 0 spiro atoms. The molecule has 1 aliphatic rings. The zero-order chi connectivity index (χ0) is 20.4. The van der Waals surface area contributed by atoms with Crippen LogP contribution < -0.4 is 10.1 Å². The molecule has 10 heteroatoms. The van der Waals surface area contributed by atoms with Crippen molar-refractivity contribution in [3.63, 3.8) is 0 Å². The van der Waals surface area contributed by atoms with E-state index in [1.807, 2.05) is 24.3 Å². The number of hydrogen-bond acceptors (Lipinski definition) is 8. The van der Waals surface area contributed by atoms with Crippen molar-refractivity contribution < 1.29 is 19.0 Å². The zero-order valence-electron chi connectivity index (χ0n) is 15.1. The fourth-order valence-electron chi connectivity index (χ4n) is 2.76. The molecule has 0 unspecified atom stereocenters. The van der Waals surface area contributed by atoms with Crippen LogP contribution in [-0.2, 0) is 9.59 Å². The summed E-state index contributed by atoms with van der Waals surface area (Å²) in [6.45, 7) is -0.207. The molecule has 146 valence electrons. The molecule has 0 radical (unpaired) electrons. The summed E-state index contributed by atoms with van der Waals surface area (Å²) < 4.78 is 10.2. The quantitative estimate of drug-likeness (QED) is 0.491. The number of hydrogen-bond donors (Lipinski definition) is 1. The predicted molar refractivity (Wildman–Crippen MR) is 113 cm³/mol. The molecule has 8 nitrogen and oxygen atoms in total. The summed E-state index contributed by atoms with van der Waals surface area (Å²) in [6.07, 6.45) is 1.72. The van der Waals surface area contributed by atoms with Gasteiger partial charge >= 0.3 is 0 Å². The number of thioether (sulfide) groups is 1. The lowest BCUT2D eigenvalue weighted by atomic mass is 10.2. The Labute approximate surface area is 174 Å². The van der Waals surface area contributed by atoms with Gasteiger partial charge in [0.2, 0.25) is 5.91 Å². The van der Waals surface area contributed by atoms with E-state index in [4.69, 9.17) is 17.0 Å². The number of carbonyl (C=O) groups excluding carboxylic acids is 2. The zero-order valence-corrected chi connectivity index (χ0v) is 16.8. The van der Waals surface area contributed by atoms with Crippen LogP contribution in [0, 0.1) is 0 Å². The highest BCUT2D eigenvalue weighted by Gasteiger charge is 2.33. The van der Waals surface area contributed by atoms with Crippen LogP contribution in [0.2, 0.25) is 0 Å². The number of anilines is 1. The van der Waals surface area contributed by atoms with Crippen molar-refractivity contribution in [2.24, 2.45) is 0 Å². The smallest absolute Gasteiger partial charge is 0.266 e. The summed E-state index contributed by atoms with van der Waals surface area (Å²) in [4.78, 5) is 26.9. The van der Waals surface area contributed by atoms with E-state index in [0.717, 1.165) is 17.3 Å². The number of nitrogens with one attached hydrogen (secondary N) is 1. The van der Waals surface area contributed by atoms with Crippen molar-refractivity contribution in [1.29, 1.82) is 0 Å². The molecule has 1 saturated heterocycles. The lowest BCUT2D eigenvalue weighted by molar-refractivity contribution is -0.126. The number of benzene rings is 2. The van der Waals surface area contributed by atoms with Gasteiger partial charge in [0.05, 0.1) is 17.7 Å². The SMILES string of the molecule is COc1cccc(C=C2SC(=S)N(CC(=O)Nc3cccc4nonc34)C2=O)c1. The minimum Gasteiger partial charge on any atom is -0.497 e. The Bertz CT molecular complexity index is 1160. The summed E-state index contributed by atoms with van der Waals surface area (Å²) in [5.41, 5.74) is 2.21. The monoisotopic (exact) mass is 426 g/mol. The van der Waals surface area contributed by atoms with Gasteiger partial charge in [-0.05, 0) is 46.2 Å². The highest BCUT2D eigenvalue weighted by atomic mass is 32.2. The fourth-order valence-corrected chi connectivity index (χ4v) is 4.01. The van der Waals surface area contributed by atoms with Gasteiger partial charge in [0.1, 0.15) is 22.1 Å². The first kappa shape index (κ1) is 19.1. The van der Waals surface area contributed by atoms with E-state index in [-0.39, 0.29) is 12.5 Å². The van der Waals surface area contributed by atoms with Crippen LogP contribution in [0.4, 0.5) is 5.69 Å². The van der Waals surface area contributed by atoms with Gasteiger partial charge in [-0.2, -0.15) is 0 Å². The Morgan fingerprint density at radius 1 is 1.31 bits per heavy atom. The Hall–Kier alpha value is -3.24. The van der Waals surface area contributed by atoms with E-state index in [0.29, 0.717) is 31.7 Å². The third-order valence-corrected chi connectivity index (χ3v) is 5.50. The second-order valence-electron chi connectivity index (χ2n) is 6.03. The molecule has 0 bridgehead atoms. The van der Waals surface area contributed by atoms with E-state index in [2.05, 4.69) is 20.3 Å². The van der Waals surface area contributed by atoms with Crippen molar-refractivity contribution in [1.82, 2.24) is 15.2 Å². The number of carbonyl (C=O) groups is 2. The maximum absolute atomic E-state index is 12.7. The molecular formula is C19H14N4O4S2. The van der Waals surface area contributed by atoms with Crippen LogP contribution in [0.5, 0.6) is 5.75 Å². The van der Waals surface area contributed by atoms with Crippen LogP contribution in [-0.4, -0.2) is 45.0 Å². The first-order valence-electron chi connectivity index (χ1n) is 8.46. The van der Waals surface area contributed by atoms with Gasteiger partial charge in [0, 0.05) is 0 Å². The number of fused-ring (bicyclic) bond motifs is 1. The Balaban J connectivity index is 1.48. The predicted octanol–water partition coefficient (Wildman–Crippen LogP) is 3.07. The first-order chi connectivity index (χ1) is 14.0. The number of thiocarbonyl (C=S) groups is 1. The van der Waals surface area contributed by atoms with Crippen molar-refractivity contribution in [3.8, 4) is 5.75 Å². The van der Waals surface area contributed by atoms with Gasteiger partial charge in [-0.3, -0.25) is 14.5 Å². The molecule has 4 rings (SSSR count). The number of rotatable bonds is 5.